The van der Waals surface area contributed by atoms with Crippen LogP contribution in [0.15, 0.2) is 87.2 Å². The van der Waals surface area contributed by atoms with E-state index in [0.29, 0.717) is 73.3 Å². The van der Waals surface area contributed by atoms with E-state index in [9.17, 15) is 28.8 Å². The number of carbonyl (C=O) groups excluding carboxylic acids is 2. The Morgan fingerprint density at radius 2 is 0.712 bits per heavy atom. The summed E-state index contributed by atoms with van der Waals surface area (Å²) in [6.07, 6.45) is 43.2. The van der Waals surface area contributed by atoms with Crippen molar-refractivity contribution in [2.45, 2.75) is 324 Å². The van der Waals surface area contributed by atoms with E-state index < -0.39 is 5.97 Å². The van der Waals surface area contributed by atoms with E-state index >= 15 is 0 Å². The van der Waals surface area contributed by atoms with Gasteiger partial charge in [-0.2, -0.15) is 0 Å². The van der Waals surface area contributed by atoms with E-state index in [2.05, 4.69) is 34.4 Å². The molecule has 0 radical (unpaired) electrons. The third-order valence-corrected chi connectivity index (χ3v) is 24.5. The van der Waals surface area contributed by atoms with Crippen molar-refractivity contribution in [2.24, 2.45) is 5.73 Å². The summed E-state index contributed by atoms with van der Waals surface area (Å²) in [5.41, 5.74) is 10.7. The molecule has 6 bridgehead atoms. The Morgan fingerprint density at radius 1 is 0.423 bits per heavy atom. The van der Waals surface area contributed by atoms with Gasteiger partial charge in [-0.05, 0) is 166 Å². The molecular formula is C81H115Cl2N10NaO10. The van der Waals surface area contributed by atoms with Crippen LogP contribution in [-0.4, -0.2) is 146 Å². The number of esters is 2. The number of nitrogens with two attached hydrogens (primary N) is 1. The minimum Gasteiger partial charge on any atom is -0.870 e. The van der Waals surface area contributed by atoms with E-state index in [-0.39, 0.29) is 125 Å². The normalized spacial score (nSPS) is 25.6. The number of aryl methyl sites for hydroxylation is 2. The second-order valence-electron chi connectivity index (χ2n) is 30.6. The summed E-state index contributed by atoms with van der Waals surface area (Å²) >= 11 is 6.23. The van der Waals surface area contributed by atoms with Gasteiger partial charge >= 0.3 is 47.5 Å². The standard InChI is InChI=1S/C28H39N3O3.C26H35N3O3.C23H30ClN3O.C4H9NO2.ClH.Na.H2O/c1-2-34-27(32)17-16-25-28(33)31(26-13-9-8-12-24(26)29-25)23-18-21-14-15-22(19-23)30(21)20-10-6-4-3-5-7-11-20;30-25(31)15-14-23-26(32)29(24-11-7-6-10-22(24)27-23)21-16-19-12-13-20(17-21)28(19)18-8-4-2-1-3-5-9-18;24-22-23(28)27(21-11-7-6-10-20(21)25-22)19-14-17-12-13-18(15-19)26(17)16-8-4-2-1-3-5-9-16;1-2-7-4(6)3-5;;;/h8-9,12-13,20-23H,2-7,10-11,14-19H2,1H3;6-7,10-11,18-21H,1-5,8-9,12-17H2,(H,30,31);6-7,10-11,16-19H,1-5,8-9,12-15H2;2-3,5H2,1H3;1H;;1H2/q;;;;;+1;/p-1/t21-,22+,23?;19-,20+,21?;17-,18+,19?;;;;. The molecule has 0 amide bonds. The van der Waals surface area contributed by atoms with Gasteiger partial charge in [-0.25, -0.2) is 15.0 Å². The Kier molecular flexibility index (Phi) is 32.2. The van der Waals surface area contributed by atoms with Gasteiger partial charge in [0.2, 0.25) is 0 Å². The molecule has 3 aromatic heterocycles. The van der Waals surface area contributed by atoms with Gasteiger partial charge in [0.25, 0.3) is 16.7 Å². The Hall–Kier alpha value is -5.13. The number of hydrogen-bond donors (Lipinski definition) is 2. The van der Waals surface area contributed by atoms with E-state index in [1.807, 2.05) is 86.5 Å². The topological polar surface area (TPSA) is 260 Å². The Balaban J connectivity index is 0.000000171. The van der Waals surface area contributed by atoms with Crippen LogP contribution in [0.25, 0.3) is 33.1 Å². The number of benzene rings is 3. The van der Waals surface area contributed by atoms with Crippen LogP contribution in [0.4, 0.5) is 0 Å². The molecule has 9 aliphatic rings. The number of carbonyl (C=O) groups is 3. The Morgan fingerprint density at radius 3 is 1.02 bits per heavy atom. The number of hydrogen-bond acceptors (Lipinski definition) is 16. The molecule has 9 heterocycles. The molecule has 23 heteroatoms. The van der Waals surface area contributed by atoms with Crippen LogP contribution in [0.1, 0.15) is 268 Å². The number of piperidine rings is 3. The van der Waals surface area contributed by atoms with Gasteiger partial charge in [-0.15, -0.1) is 12.4 Å². The number of rotatable bonds is 15. The van der Waals surface area contributed by atoms with Crippen LogP contribution in [0, 0.1) is 0 Å². The van der Waals surface area contributed by atoms with Gasteiger partial charge in [-0.1, -0.05) is 144 Å². The molecule has 9 atom stereocenters. The second-order valence-corrected chi connectivity index (χ2v) is 30.9. The molecule has 4 N–H and O–H groups in total. The zero-order chi connectivity index (χ0) is 70.4. The first-order valence-corrected chi connectivity index (χ1v) is 39.9. The minimum absolute atomic E-state index is 0. The Labute approximate surface area is 647 Å². The summed E-state index contributed by atoms with van der Waals surface area (Å²) in [5, 5.41) is 9.23. The third kappa shape index (κ3) is 20.0. The number of carboxylic acid groups (broad SMARTS) is 1. The molecule has 104 heavy (non-hydrogen) atoms. The fourth-order valence-corrected chi connectivity index (χ4v) is 20.2. The average molecular weight is 1480 g/mol. The van der Waals surface area contributed by atoms with Crippen molar-refractivity contribution in [3.8, 4) is 0 Å². The average Bonchev–Trinajstić information content (AvgIpc) is 1.39. The number of aliphatic carboxylic acids is 1. The van der Waals surface area contributed by atoms with Crippen LogP contribution in [0.5, 0.6) is 0 Å². The fraction of sp³-hybridized carbons (Fsp3) is 0.667. The number of para-hydroxylation sites is 6. The minimum atomic E-state index is -0.892. The van der Waals surface area contributed by atoms with Gasteiger partial charge in [-0.3, -0.25) is 43.5 Å². The molecule has 3 unspecified atom stereocenters. The smallest absolute Gasteiger partial charge is 0.870 e. The number of carboxylic acids is 1. The predicted octanol–water partition coefficient (Wildman–Crippen LogP) is 12.0. The van der Waals surface area contributed by atoms with Crippen molar-refractivity contribution in [1.82, 2.24) is 43.4 Å². The number of fused-ring (bicyclic) bond motifs is 9. The van der Waals surface area contributed by atoms with Crippen LogP contribution in [-0.2, 0) is 36.7 Å². The maximum Gasteiger partial charge on any atom is 1.00 e. The van der Waals surface area contributed by atoms with Crippen LogP contribution in [0.3, 0.4) is 0 Å². The zero-order valence-electron chi connectivity index (χ0n) is 62.2. The first-order chi connectivity index (χ1) is 49.3. The zero-order valence-corrected chi connectivity index (χ0v) is 65.8. The van der Waals surface area contributed by atoms with E-state index in [0.717, 1.165) is 83.7 Å². The largest absolute Gasteiger partial charge is 1.00 e. The number of aromatic nitrogens is 6. The van der Waals surface area contributed by atoms with Gasteiger partial charge in [0.1, 0.15) is 11.4 Å². The first-order valence-electron chi connectivity index (χ1n) is 39.5. The monoisotopic (exact) mass is 1480 g/mol. The molecular weight excluding hydrogens is 1370 g/mol. The molecule has 6 aliphatic heterocycles. The molecule has 15 rings (SSSR count). The molecule has 0 spiro atoms. The van der Waals surface area contributed by atoms with Crippen molar-refractivity contribution in [3.05, 3.63) is 120 Å². The predicted molar refractivity (Wildman–Crippen MR) is 408 cm³/mol. The summed E-state index contributed by atoms with van der Waals surface area (Å²) < 4.78 is 15.5. The maximum absolute atomic E-state index is 13.7. The number of ether oxygens (including phenoxy) is 2. The molecule has 6 saturated heterocycles. The molecule has 3 saturated carbocycles. The summed E-state index contributed by atoms with van der Waals surface area (Å²) in [6.45, 7) is 4.30. The Bertz CT molecular complexity index is 3900. The van der Waals surface area contributed by atoms with Crippen LogP contribution >= 0.6 is 24.0 Å². The summed E-state index contributed by atoms with van der Waals surface area (Å²) in [5.74, 6) is -1.51. The van der Waals surface area contributed by atoms with Crippen molar-refractivity contribution in [1.29, 1.82) is 0 Å². The summed E-state index contributed by atoms with van der Waals surface area (Å²) in [7, 11) is 0. The molecule has 20 nitrogen and oxygen atoms in total. The SMILES string of the molecule is CCOC(=O)CCc1nc2ccccc2n(C2C[C@H]3CC[C@@H](C2)N3C2CCCCCCC2)c1=O.CCOC(=O)CN.Cl.O=C(O)CCc1nc2ccccc2n(C2C[C@H]3CC[C@@H](C2)N3C2CCCCCCC2)c1=O.O=c1c(Cl)nc2ccccc2n1C1C[C@H]2CC[C@@H](C1)N2C1CCCCCCC1.[Na+].[OH-]. The second kappa shape index (κ2) is 40.3. The molecule has 564 valence electrons. The molecule has 3 aromatic carbocycles. The van der Waals surface area contributed by atoms with Crippen LogP contribution < -0.4 is 52.0 Å². The van der Waals surface area contributed by atoms with Crippen LogP contribution in [0.2, 0.25) is 5.15 Å². The maximum atomic E-state index is 13.7. The van der Waals surface area contributed by atoms with E-state index in [1.165, 1.54) is 173 Å². The van der Waals surface area contributed by atoms with Crippen molar-refractivity contribution >= 4 is 75.0 Å². The number of nitrogens with zero attached hydrogens (tertiary/aromatic N) is 9. The third-order valence-electron chi connectivity index (χ3n) is 24.3. The number of halogens is 2. The van der Waals surface area contributed by atoms with Gasteiger partial charge < -0.3 is 39.5 Å². The van der Waals surface area contributed by atoms with E-state index in [4.69, 9.17) is 27.2 Å². The van der Waals surface area contributed by atoms with Crippen molar-refractivity contribution in [3.63, 3.8) is 0 Å². The van der Waals surface area contributed by atoms with Gasteiger partial charge in [0.05, 0.1) is 65.7 Å². The first kappa shape index (κ1) is 82.9. The van der Waals surface area contributed by atoms with E-state index in [1.54, 1.807) is 13.8 Å². The van der Waals surface area contributed by atoms with Crippen molar-refractivity contribution < 1.29 is 64.0 Å². The summed E-state index contributed by atoms with van der Waals surface area (Å²) in [4.78, 5) is 95.4. The fourth-order valence-electron chi connectivity index (χ4n) is 20.0. The van der Waals surface area contributed by atoms with Gasteiger partial charge in [0, 0.05) is 85.3 Å². The van der Waals surface area contributed by atoms with Gasteiger partial charge in [0.15, 0.2) is 5.15 Å². The quantitative estimate of drug-likeness (QED) is 0.0715. The molecule has 9 fully saturated rings. The van der Waals surface area contributed by atoms with Crippen molar-refractivity contribution in [2.75, 3.05) is 19.8 Å². The summed E-state index contributed by atoms with van der Waals surface area (Å²) in [6, 6.07) is 30.1. The molecule has 3 aliphatic carbocycles. The molecule has 6 aromatic rings.